The molecule has 0 saturated carbocycles. The number of rotatable bonds is 5. The minimum atomic E-state index is -4.75. The molecule has 0 amide bonds. The molecular formula is C18H10ClF5N2OS. The third-order valence-electron chi connectivity index (χ3n) is 3.42. The summed E-state index contributed by atoms with van der Waals surface area (Å²) in [7, 11) is 0. The lowest BCUT2D eigenvalue weighted by Gasteiger charge is -2.11. The van der Waals surface area contributed by atoms with E-state index < -0.39 is 23.5 Å². The molecule has 0 saturated heterocycles. The zero-order valence-electron chi connectivity index (χ0n) is 13.8. The van der Waals surface area contributed by atoms with Gasteiger partial charge in [0, 0.05) is 22.4 Å². The van der Waals surface area contributed by atoms with E-state index in [0.717, 1.165) is 12.1 Å². The molecule has 1 aromatic heterocycles. The third kappa shape index (κ3) is 5.11. The van der Waals surface area contributed by atoms with Gasteiger partial charge >= 0.3 is 6.18 Å². The topological polar surface area (TPSA) is 35.0 Å². The number of nitrogens with zero attached hydrogens (tertiary/aromatic N) is 2. The Hall–Kier alpha value is -2.39. The summed E-state index contributed by atoms with van der Waals surface area (Å²) in [5.41, 5.74) is -1.52. The van der Waals surface area contributed by atoms with E-state index in [1.54, 1.807) is 0 Å². The minimum Gasteiger partial charge on any atom is -0.439 e. The van der Waals surface area contributed by atoms with E-state index in [-0.39, 0.29) is 28.1 Å². The summed E-state index contributed by atoms with van der Waals surface area (Å²) in [4.78, 5) is 7.31. The van der Waals surface area contributed by atoms with Crippen LogP contribution in [0.3, 0.4) is 0 Å². The molecule has 0 fully saturated rings. The van der Waals surface area contributed by atoms with Crippen LogP contribution in [0.4, 0.5) is 22.0 Å². The summed E-state index contributed by atoms with van der Waals surface area (Å²) in [6.07, 6.45) is -4.75. The standard InChI is InChI=1S/C18H10ClF5N2OS/c19-10-4-6-11(7-5-10)27-16-8-15(18(22,23)24)25-17(26-16)28-9-12-13(20)2-1-3-14(12)21/h1-8H,9H2. The first kappa shape index (κ1) is 20.3. The number of thioether (sulfide) groups is 1. The average Bonchev–Trinajstić information content (AvgIpc) is 2.62. The fraction of sp³-hybridized carbons (Fsp3) is 0.111. The number of halogens is 6. The average molecular weight is 433 g/mol. The Bertz CT molecular complexity index is 962. The van der Waals surface area contributed by atoms with Crippen LogP contribution in [0.1, 0.15) is 11.3 Å². The molecule has 10 heteroatoms. The molecule has 0 aliphatic rings. The summed E-state index contributed by atoms with van der Waals surface area (Å²) in [6.45, 7) is 0. The first-order valence-electron chi connectivity index (χ1n) is 7.68. The number of ether oxygens (including phenoxy) is 1. The van der Waals surface area contributed by atoms with Crippen LogP contribution < -0.4 is 4.74 Å². The van der Waals surface area contributed by atoms with E-state index in [9.17, 15) is 22.0 Å². The quantitative estimate of drug-likeness (QED) is 0.261. The first-order valence-corrected chi connectivity index (χ1v) is 9.04. The normalized spacial score (nSPS) is 11.5. The molecule has 0 aliphatic carbocycles. The van der Waals surface area contributed by atoms with Crippen molar-refractivity contribution >= 4 is 23.4 Å². The lowest BCUT2D eigenvalue weighted by molar-refractivity contribution is -0.141. The third-order valence-corrected chi connectivity index (χ3v) is 4.54. The van der Waals surface area contributed by atoms with E-state index in [1.165, 1.54) is 30.3 Å². The van der Waals surface area contributed by atoms with E-state index >= 15 is 0 Å². The first-order chi connectivity index (χ1) is 13.2. The van der Waals surface area contributed by atoms with Crippen LogP contribution in [0, 0.1) is 11.6 Å². The molecule has 0 radical (unpaired) electrons. The number of benzene rings is 2. The van der Waals surface area contributed by atoms with Crippen molar-refractivity contribution in [3.8, 4) is 11.6 Å². The summed E-state index contributed by atoms with van der Waals surface area (Å²) in [5.74, 6) is -2.05. The summed E-state index contributed by atoms with van der Waals surface area (Å²) >= 11 is 6.41. The smallest absolute Gasteiger partial charge is 0.433 e. The van der Waals surface area contributed by atoms with Crippen molar-refractivity contribution in [1.82, 2.24) is 9.97 Å². The van der Waals surface area contributed by atoms with E-state index in [0.29, 0.717) is 22.9 Å². The zero-order valence-corrected chi connectivity index (χ0v) is 15.4. The molecule has 0 bridgehead atoms. The van der Waals surface area contributed by atoms with Gasteiger partial charge in [-0.05, 0) is 36.4 Å². The van der Waals surface area contributed by atoms with Crippen molar-refractivity contribution in [1.29, 1.82) is 0 Å². The lowest BCUT2D eigenvalue weighted by atomic mass is 10.2. The van der Waals surface area contributed by atoms with Crippen molar-refractivity contribution in [2.45, 2.75) is 17.1 Å². The zero-order chi connectivity index (χ0) is 20.3. The van der Waals surface area contributed by atoms with Gasteiger partial charge in [0.2, 0.25) is 5.88 Å². The van der Waals surface area contributed by atoms with Crippen molar-refractivity contribution in [2.24, 2.45) is 0 Å². The molecule has 146 valence electrons. The molecule has 0 spiro atoms. The van der Waals surface area contributed by atoms with Crippen LogP contribution >= 0.6 is 23.4 Å². The molecule has 1 heterocycles. The SMILES string of the molecule is Fc1cccc(F)c1CSc1nc(Oc2ccc(Cl)cc2)cc(C(F)(F)F)n1. The van der Waals surface area contributed by atoms with Crippen molar-refractivity contribution in [3.05, 3.63) is 76.4 Å². The number of aromatic nitrogens is 2. The maximum absolute atomic E-state index is 13.7. The molecule has 0 N–H and O–H groups in total. The van der Waals surface area contributed by atoms with Gasteiger partial charge < -0.3 is 4.74 Å². The Morgan fingerprint density at radius 3 is 2.21 bits per heavy atom. The largest absolute Gasteiger partial charge is 0.439 e. The predicted molar refractivity (Wildman–Crippen MR) is 94.5 cm³/mol. The molecular weight excluding hydrogens is 423 g/mol. The van der Waals surface area contributed by atoms with Gasteiger partial charge in [0.15, 0.2) is 10.9 Å². The lowest BCUT2D eigenvalue weighted by Crippen LogP contribution is -2.10. The van der Waals surface area contributed by atoms with Gasteiger partial charge in [-0.15, -0.1) is 0 Å². The Labute approximate surface area is 165 Å². The van der Waals surface area contributed by atoms with E-state index in [4.69, 9.17) is 16.3 Å². The van der Waals surface area contributed by atoms with Crippen LogP contribution in [0.15, 0.2) is 53.7 Å². The van der Waals surface area contributed by atoms with Crippen molar-refractivity contribution in [2.75, 3.05) is 0 Å². The molecule has 3 aromatic rings. The highest BCUT2D eigenvalue weighted by molar-refractivity contribution is 7.98. The predicted octanol–water partition coefficient (Wildman–Crippen LogP) is 6.51. The van der Waals surface area contributed by atoms with Crippen molar-refractivity contribution in [3.63, 3.8) is 0 Å². The second-order valence-corrected chi connectivity index (χ2v) is 6.80. The Balaban J connectivity index is 1.88. The van der Waals surface area contributed by atoms with Gasteiger partial charge in [-0.3, -0.25) is 0 Å². The second-order valence-electron chi connectivity index (χ2n) is 5.42. The number of hydrogen-bond donors (Lipinski definition) is 0. The molecule has 3 rings (SSSR count). The molecule has 0 unspecified atom stereocenters. The molecule has 28 heavy (non-hydrogen) atoms. The van der Waals surface area contributed by atoms with Gasteiger partial charge in [0.25, 0.3) is 0 Å². The van der Waals surface area contributed by atoms with Gasteiger partial charge in [0.05, 0.1) is 0 Å². The van der Waals surface area contributed by atoms with Gasteiger partial charge in [-0.25, -0.2) is 13.8 Å². The highest BCUT2D eigenvalue weighted by atomic mass is 35.5. The Morgan fingerprint density at radius 1 is 0.964 bits per heavy atom. The summed E-state index contributed by atoms with van der Waals surface area (Å²) in [5, 5.41) is 0.0932. The summed E-state index contributed by atoms with van der Waals surface area (Å²) in [6, 6.07) is 9.86. The highest BCUT2D eigenvalue weighted by Gasteiger charge is 2.34. The molecule has 0 atom stereocenters. The number of alkyl halides is 3. The van der Waals surface area contributed by atoms with Crippen LogP contribution in [0.2, 0.25) is 5.02 Å². The van der Waals surface area contributed by atoms with Crippen LogP contribution in [-0.2, 0) is 11.9 Å². The van der Waals surface area contributed by atoms with Gasteiger partial charge in [-0.1, -0.05) is 29.4 Å². The van der Waals surface area contributed by atoms with Gasteiger partial charge in [-0.2, -0.15) is 18.2 Å². The highest BCUT2D eigenvalue weighted by Crippen LogP contribution is 2.33. The molecule has 0 aliphatic heterocycles. The van der Waals surface area contributed by atoms with E-state index in [1.807, 2.05) is 0 Å². The van der Waals surface area contributed by atoms with E-state index in [2.05, 4.69) is 9.97 Å². The van der Waals surface area contributed by atoms with Crippen LogP contribution in [0.5, 0.6) is 11.6 Å². The van der Waals surface area contributed by atoms with Crippen LogP contribution in [-0.4, -0.2) is 9.97 Å². The second kappa shape index (κ2) is 8.32. The maximum atomic E-state index is 13.7. The maximum Gasteiger partial charge on any atom is 0.433 e. The fourth-order valence-corrected chi connectivity index (χ4v) is 3.09. The Morgan fingerprint density at radius 2 is 1.61 bits per heavy atom. The number of hydrogen-bond acceptors (Lipinski definition) is 4. The van der Waals surface area contributed by atoms with Crippen LogP contribution in [0.25, 0.3) is 0 Å². The molecule has 2 aromatic carbocycles. The molecule has 3 nitrogen and oxygen atoms in total. The Kier molecular flexibility index (Phi) is 6.04. The fourth-order valence-electron chi connectivity index (χ4n) is 2.10. The van der Waals surface area contributed by atoms with Crippen molar-refractivity contribution < 1.29 is 26.7 Å². The monoisotopic (exact) mass is 432 g/mol. The van der Waals surface area contributed by atoms with Gasteiger partial charge in [0.1, 0.15) is 17.4 Å². The minimum absolute atomic E-state index is 0.215. The summed E-state index contributed by atoms with van der Waals surface area (Å²) < 4.78 is 72.2.